The molecule has 0 saturated carbocycles. The van der Waals surface area contributed by atoms with Gasteiger partial charge in [0, 0.05) is 37.6 Å². The highest BCUT2D eigenvalue weighted by molar-refractivity contribution is 6.01. The number of aromatic carboxylic acids is 1. The molecule has 1 aliphatic rings. The zero-order chi connectivity index (χ0) is 24.2. The fourth-order valence-electron chi connectivity index (χ4n) is 4.38. The second kappa shape index (κ2) is 10.00. The summed E-state index contributed by atoms with van der Waals surface area (Å²) in [7, 11) is 0. The van der Waals surface area contributed by atoms with Crippen LogP contribution in [0.15, 0.2) is 60.7 Å². The highest BCUT2D eigenvalue weighted by Crippen LogP contribution is 2.28. The summed E-state index contributed by atoms with van der Waals surface area (Å²) in [5.74, 6) is -1.29. The number of carbonyl (C=O) groups is 2. The minimum atomic E-state index is -1.05. The van der Waals surface area contributed by atoms with Crippen LogP contribution in [-0.2, 0) is 11.2 Å². The number of carboxylic acid groups (broad SMARTS) is 1. The van der Waals surface area contributed by atoms with Crippen molar-refractivity contribution in [1.29, 1.82) is 0 Å². The van der Waals surface area contributed by atoms with E-state index in [4.69, 9.17) is 0 Å². The van der Waals surface area contributed by atoms with Gasteiger partial charge >= 0.3 is 5.97 Å². The van der Waals surface area contributed by atoms with Crippen molar-refractivity contribution in [1.82, 2.24) is 0 Å². The van der Waals surface area contributed by atoms with Crippen molar-refractivity contribution in [2.45, 2.75) is 27.2 Å². The number of carboxylic acids is 1. The van der Waals surface area contributed by atoms with Gasteiger partial charge in [-0.2, -0.15) is 0 Å². The minimum Gasteiger partial charge on any atom is -0.478 e. The summed E-state index contributed by atoms with van der Waals surface area (Å²) in [5.41, 5.74) is 7.14. The third-order valence-corrected chi connectivity index (χ3v) is 6.55. The van der Waals surface area contributed by atoms with Gasteiger partial charge in [0.05, 0.1) is 17.7 Å². The molecule has 1 aliphatic heterocycles. The van der Waals surface area contributed by atoms with Gasteiger partial charge in [-0.1, -0.05) is 42.0 Å². The summed E-state index contributed by atoms with van der Waals surface area (Å²) < 4.78 is 0. The molecule has 3 aromatic rings. The van der Waals surface area contributed by atoms with Gasteiger partial charge in [-0.15, -0.1) is 0 Å². The Morgan fingerprint density at radius 1 is 0.882 bits per heavy atom. The molecule has 0 unspecified atom stereocenters. The monoisotopic (exact) mass is 457 g/mol. The van der Waals surface area contributed by atoms with E-state index in [0.717, 1.165) is 43.0 Å². The first-order valence-electron chi connectivity index (χ1n) is 11.6. The fourth-order valence-corrected chi connectivity index (χ4v) is 4.38. The van der Waals surface area contributed by atoms with Crippen molar-refractivity contribution in [2.24, 2.45) is 0 Å². The second-order valence-corrected chi connectivity index (χ2v) is 8.94. The summed E-state index contributed by atoms with van der Waals surface area (Å²) in [5, 5.41) is 12.6. The topological polar surface area (TPSA) is 72.9 Å². The number of hydrogen-bond acceptors (Lipinski definition) is 4. The Balaban J connectivity index is 1.44. The summed E-state index contributed by atoms with van der Waals surface area (Å²) in [6.45, 7) is 9.60. The average molecular weight is 458 g/mol. The van der Waals surface area contributed by atoms with Crippen molar-refractivity contribution < 1.29 is 14.7 Å². The zero-order valence-electron chi connectivity index (χ0n) is 20.0. The van der Waals surface area contributed by atoms with Crippen LogP contribution in [0.3, 0.4) is 0 Å². The maximum Gasteiger partial charge on any atom is 0.337 e. The van der Waals surface area contributed by atoms with Gasteiger partial charge in [0.15, 0.2) is 0 Å². The zero-order valence-corrected chi connectivity index (χ0v) is 20.0. The number of nitrogens with zero attached hydrogens (tertiary/aromatic N) is 2. The van der Waals surface area contributed by atoms with E-state index < -0.39 is 5.97 Å². The number of rotatable bonds is 6. The first kappa shape index (κ1) is 23.4. The van der Waals surface area contributed by atoms with E-state index in [-0.39, 0.29) is 17.9 Å². The maximum atomic E-state index is 12.5. The molecular formula is C28H31N3O3. The minimum absolute atomic E-state index is 0.103. The lowest BCUT2D eigenvalue weighted by Crippen LogP contribution is -2.46. The Hall–Kier alpha value is -3.80. The molecule has 0 spiro atoms. The molecule has 0 radical (unpaired) electrons. The number of nitrogens with one attached hydrogen (secondary N) is 1. The van der Waals surface area contributed by atoms with E-state index >= 15 is 0 Å². The van der Waals surface area contributed by atoms with Gasteiger partial charge in [-0.3, -0.25) is 4.79 Å². The molecule has 6 nitrogen and oxygen atoms in total. The molecule has 1 saturated heterocycles. The fraction of sp³-hybridized carbons (Fsp3) is 0.286. The first-order valence-corrected chi connectivity index (χ1v) is 11.6. The molecule has 3 aromatic carbocycles. The van der Waals surface area contributed by atoms with E-state index in [1.165, 1.54) is 16.8 Å². The first-order chi connectivity index (χ1) is 16.3. The Kier molecular flexibility index (Phi) is 6.87. The Morgan fingerprint density at radius 2 is 1.56 bits per heavy atom. The molecule has 6 heteroatoms. The number of hydrogen-bond donors (Lipinski definition) is 2. The van der Waals surface area contributed by atoms with Crippen LogP contribution in [0.5, 0.6) is 0 Å². The third kappa shape index (κ3) is 5.22. The van der Waals surface area contributed by atoms with E-state index in [1.54, 1.807) is 12.1 Å². The lowest BCUT2D eigenvalue weighted by molar-refractivity contribution is -0.115. The molecule has 0 bridgehead atoms. The maximum absolute atomic E-state index is 12.5. The molecule has 176 valence electrons. The molecule has 1 fully saturated rings. The van der Waals surface area contributed by atoms with Gasteiger partial charge < -0.3 is 20.2 Å². The molecule has 0 atom stereocenters. The summed E-state index contributed by atoms with van der Waals surface area (Å²) in [4.78, 5) is 29.1. The molecule has 0 aliphatic carbocycles. The summed E-state index contributed by atoms with van der Waals surface area (Å²) >= 11 is 0. The van der Waals surface area contributed by atoms with Crippen LogP contribution in [0.1, 0.15) is 32.6 Å². The van der Waals surface area contributed by atoms with Crippen LogP contribution in [0.4, 0.5) is 17.1 Å². The van der Waals surface area contributed by atoms with Crippen LogP contribution in [0, 0.1) is 20.8 Å². The van der Waals surface area contributed by atoms with E-state index in [9.17, 15) is 14.7 Å². The van der Waals surface area contributed by atoms with Gasteiger partial charge in [0.2, 0.25) is 5.91 Å². The lowest BCUT2D eigenvalue weighted by Gasteiger charge is -2.38. The quantitative estimate of drug-likeness (QED) is 0.555. The smallest absolute Gasteiger partial charge is 0.337 e. The van der Waals surface area contributed by atoms with Crippen molar-refractivity contribution in [3.63, 3.8) is 0 Å². The summed E-state index contributed by atoms with van der Waals surface area (Å²) in [6.07, 6.45) is 0.196. The molecule has 1 heterocycles. The van der Waals surface area contributed by atoms with Gasteiger partial charge in [-0.05, 0) is 61.7 Å². The number of aryl methyl sites for hydroxylation is 2. The van der Waals surface area contributed by atoms with Crippen LogP contribution in [0.25, 0.3) is 0 Å². The van der Waals surface area contributed by atoms with Crippen LogP contribution in [0.2, 0.25) is 0 Å². The third-order valence-electron chi connectivity index (χ3n) is 6.55. The molecule has 0 aromatic heterocycles. The van der Waals surface area contributed by atoms with Crippen LogP contribution < -0.4 is 15.1 Å². The average Bonchev–Trinajstić information content (AvgIpc) is 2.82. The molecule has 1 amide bonds. The van der Waals surface area contributed by atoms with Crippen LogP contribution in [-0.4, -0.2) is 43.2 Å². The molecule has 2 N–H and O–H groups in total. The van der Waals surface area contributed by atoms with E-state index in [2.05, 4.69) is 47.2 Å². The predicted molar refractivity (Wildman–Crippen MR) is 137 cm³/mol. The highest BCUT2D eigenvalue weighted by Gasteiger charge is 2.21. The SMILES string of the molecule is Cc1ccc(CC(=O)Nc2ccc(N3CCN(c4cccc(C)c4C)CC3)cc2C(=O)O)cc1. The Morgan fingerprint density at radius 3 is 2.24 bits per heavy atom. The van der Waals surface area contributed by atoms with Gasteiger partial charge in [0.1, 0.15) is 0 Å². The number of anilines is 3. The van der Waals surface area contributed by atoms with Gasteiger partial charge in [-0.25, -0.2) is 4.79 Å². The van der Waals surface area contributed by atoms with Crippen molar-refractivity contribution in [3.8, 4) is 0 Å². The molecule has 34 heavy (non-hydrogen) atoms. The number of carbonyl (C=O) groups excluding carboxylic acids is 1. The van der Waals surface area contributed by atoms with Gasteiger partial charge in [0.25, 0.3) is 0 Å². The second-order valence-electron chi connectivity index (χ2n) is 8.94. The standard InChI is InChI=1S/C28H31N3O3/c1-19-7-9-22(10-8-19)17-27(32)29-25-12-11-23(18-24(25)28(33)34)30-13-15-31(16-14-30)26-6-4-5-20(2)21(26)3/h4-12,18H,13-17H2,1-3H3,(H,29,32)(H,33,34). The Labute approximate surface area is 200 Å². The van der Waals surface area contributed by atoms with Crippen LogP contribution >= 0.6 is 0 Å². The number of amides is 1. The molecular weight excluding hydrogens is 426 g/mol. The Bertz CT molecular complexity index is 1200. The largest absolute Gasteiger partial charge is 0.478 e. The van der Waals surface area contributed by atoms with Crippen molar-refractivity contribution in [3.05, 3.63) is 88.5 Å². The number of piperazine rings is 1. The van der Waals surface area contributed by atoms with Crippen molar-refractivity contribution >= 4 is 28.9 Å². The lowest BCUT2D eigenvalue weighted by atomic mass is 10.1. The highest BCUT2D eigenvalue weighted by atomic mass is 16.4. The van der Waals surface area contributed by atoms with Crippen molar-refractivity contribution in [2.75, 3.05) is 41.3 Å². The normalized spacial score (nSPS) is 13.6. The predicted octanol–water partition coefficient (Wildman–Crippen LogP) is 4.82. The number of benzene rings is 3. The van der Waals surface area contributed by atoms with E-state index in [1.807, 2.05) is 37.3 Å². The van der Waals surface area contributed by atoms with E-state index in [0.29, 0.717) is 5.69 Å². The molecule has 4 rings (SSSR count). The summed E-state index contributed by atoms with van der Waals surface area (Å²) in [6, 6.07) is 19.4.